The predicted molar refractivity (Wildman–Crippen MR) is 73.5 cm³/mol. The van der Waals surface area contributed by atoms with Gasteiger partial charge in [0, 0.05) is 0 Å². The third kappa shape index (κ3) is 3.38. The van der Waals surface area contributed by atoms with Gasteiger partial charge in [-0.05, 0) is 43.4 Å². The smallest absolute Gasteiger partial charge is 0.293 e. The second-order valence-electron chi connectivity index (χ2n) is 3.80. The highest BCUT2D eigenvalue weighted by atomic mass is 32.1. The third-order valence-corrected chi connectivity index (χ3v) is 2.52. The number of hydrogen-bond donors (Lipinski definition) is 2. The molecule has 2 N–H and O–H groups in total. The predicted octanol–water partition coefficient (Wildman–Crippen LogP) is 2.85. The second-order valence-corrected chi connectivity index (χ2v) is 4.21. The van der Waals surface area contributed by atoms with Crippen molar-refractivity contribution in [3.8, 4) is 0 Å². The first-order valence-corrected chi connectivity index (χ1v) is 5.90. The standard InChI is InChI=1S/C13H11FN2O2S/c1-8-6-7-11(18-8)12(17)16-13(19)15-10-5-3-2-4-9(10)14/h2-7H,1H3,(H2,15,16,17,19). The molecule has 2 aromatic rings. The topological polar surface area (TPSA) is 54.3 Å². The number of benzene rings is 1. The average molecular weight is 278 g/mol. The van der Waals surface area contributed by atoms with Gasteiger partial charge in [0.2, 0.25) is 0 Å². The maximum Gasteiger partial charge on any atom is 0.293 e. The lowest BCUT2D eigenvalue weighted by Crippen LogP contribution is -2.34. The maximum atomic E-state index is 13.4. The quantitative estimate of drug-likeness (QED) is 0.829. The minimum Gasteiger partial charge on any atom is -0.456 e. The average Bonchev–Trinajstić information content (AvgIpc) is 2.79. The molecule has 0 aliphatic rings. The number of rotatable bonds is 2. The molecule has 0 saturated heterocycles. The molecule has 1 aromatic carbocycles. The van der Waals surface area contributed by atoms with Crippen molar-refractivity contribution in [3.63, 3.8) is 0 Å². The fourth-order valence-corrected chi connectivity index (χ4v) is 1.64. The highest BCUT2D eigenvalue weighted by Gasteiger charge is 2.12. The lowest BCUT2D eigenvalue weighted by atomic mass is 10.3. The first kappa shape index (κ1) is 13.2. The van der Waals surface area contributed by atoms with E-state index in [2.05, 4.69) is 10.6 Å². The molecular weight excluding hydrogens is 267 g/mol. The van der Waals surface area contributed by atoms with Crippen LogP contribution in [0.3, 0.4) is 0 Å². The van der Waals surface area contributed by atoms with E-state index in [1.807, 2.05) is 0 Å². The van der Waals surface area contributed by atoms with Crippen LogP contribution >= 0.6 is 12.2 Å². The third-order valence-electron chi connectivity index (χ3n) is 2.31. The zero-order valence-electron chi connectivity index (χ0n) is 10.1. The van der Waals surface area contributed by atoms with Crippen LogP contribution in [-0.2, 0) is 0 Å². The van der Waals surface area contributed by atoms with Gasteiger partial charge in [-0.15, -0.1) is 0 Å². The van der Waals surface area contributed by atoms with Crippen LogP contribution in [0.4, 0.5) is 10.1 Å². The molecule has 0 radical (unpaired) electrons. The van der Waals surface area contributed by atoms with Gasteiger partial charge in [0.15, 0.2) is 10.9 Å². The Balaban J connectivity index is 1.99. The van der Waals surface area contributed by atoms with Crippen molar-refractivity contribution >= 4 is 28.9 Å². The van der Waals surface area contributed by atoms with Crippen LogP contribution in [0.1, 0.15) is 16.3 Å². The van der Waals surface area contributed by atoms with Crippen molar-refractivity contribution in [2.45, 2.75) is 6.92 Å². The van der Waals surface area contributed by atoms with E-state index in [-0.39, 0.29) is 16.6 Å². The Morgan fingerprint density at radius 3 is 2.63 bits per heavy atom. The number of nitrogens with one attached hydrogen (secondary N) is 2. The molecule has 19 heavy (non-hydrogen) atoms. The number of thiocarbonyl (C=S) groups is 1. The van der Waals surface area contributed by atoms with Crippen LogP contribution in [0.5, 0.6) is 0 Å². The van der Waals surface area contributed by atoms with E-state index >= 15 is 0 Å². The molecule has 6 heteroatoms. The van der Waals surface area contributed by atoms with Crippen molar-refractivity contribution in [3.05, 3.63) is 53.7 Å². The number of halogens is 1. The summed E-state index contributed by atoms with van der Waals surface area (Å²) in [7, 11) is 0. The molecular formula is C13H11FN2O2S. The molecule has 0 fully saturated rings. The normalized spacial score (nSPS) is 10.0. The van der Waals surface area contributed by atoms with E-state index in [4.69, 9.17) is 16.6 Å². The summed E-state index contributed by atoms with van der Waals surface area (Å²) in [5.41, 5.74) is 0.198. The molecule has 1 heterocycles. The van der Waals surface area contributed by atoms with Gasteiger partial charge < -0.3 is 9.73 Å². The number of anilines is 1. The summed E-state index contributed by atoms with van der Waals surface area (Å²) >= 11 is 4.93. The lowest BCUT2D eigenvalue weighted by Gasteiger charge is -2.08. The molecule has 0 bridgehead atoms. The van der Waals surface area contributed by atoms with Crippen molar-refractivity contribution in [2.75, 3.05) is 5.32 Å². The van der Waals surface area contributed by atoms with E-state index in [1.165, 1.54) is 18.2 Å². The van der Waals surface area contributed by atoms with Crippen molar-refractivity contribution in [2.24, 2.45) is 0 Å². The van der Waals surface area contributed by atoms with Crippen LogP contribution in [-0.4, -0.2) is 11.0 Å². The Bertz CT molecular complexity index is 625. The Morgan fingerprint density at radius 1 is 1.26 bits per heavy atom. The number of amides is 1. The van der Waals surface area contributed by atoms with Crippen molar-refractivity contribution in [1.29, 1.82) is 0 Å². The van der Waals surface area contributed by atoms with Crippen LogP contribution in [0.25, 0.3) is 0 Å². The lowest BCUT2D eigenvalue weighted by molar-refractivity contribution is 0.0949. The Kier molecular flexibility index (Phi) is 3.91. The summed E-state index contributed by atoms with van der Waals surface area (Å²) in [5.74, 6) is -0.164. The zero-order valence-corrected chi connectivity index (χ0v) is 10.9. The molecule has 1 aromatic heterocycles. The van der Waals surface area contributed by atoms with Gasteiger partial charge in [0.05, 0.1) is 5.69 Å². The molecule has 0 aliphatic carbocycles. The van der Waals surface area contributed by atoms with Gasteiger partial charge in [-0.3, -0.25) is 10.1 Å². The molecule has 4 nitrogen and oxygen atoms in total. The SMILES string of the molecule is Cc1ccc(C(=O)NC(=S)Nc2ccccc2F)o1. The molecule has 0 saturated carbocycles. The maximum absolute atomic E-state index is 13.4. The fourth-order valence-electron chi connectivity index (χ4n) is 1.44. The summed E-state index contributed by atoms with van der Waals surface area (Å²) in [5, 5.41) is 5.01. The zero-order chi connectivity index (χ0) is 13.8. The molecule has 0 spiro atoms. The molecule has 1 amide bonds. The van der Waals surface area contributed by atoms with E-state index in [1.54, 1.807) is 25.1 Å². The minimum absolute atomic E-state index is 0.00385. The Morgan fingerprint density at radius 2 is 2.00 bits per heavy atom. The van der Waals surface area contributed by atoms with Gasteiger partial charge in [0.25, 0.3) is 5.91 Å². The van der Waals surface area contributed by atoms with Gasteiger partial charge in [-0.25, -0.2) is 4.39 Å². The molecule has 2 rings (SSSR count). The van der Waals surface area contributed by atoms with Gasteiger partial charge in [-0.2, -0.15) is 0 Å². The van der Waals surface area contributed by atoms with Crippen LogP contribution in [0.2, 0.25) is 0 Å². The Hall–Kier alpha value is -2.21. The van der Waals surface area contributed by atoms with Crippen molar-refractivity contribution < 1.29 is 13.6 Å². The highest BCUT2D eigenvalue weighted by Crippen LogP contribution is 2.12. The summed E-state index contributed by atoms with van der Waals surface area (Å²) in [6, 6.07) is 9.24. The minimum atomic E-state index is -0.484. The summed E-state index contributed by atoms with van der Waals surface area (Å²) in [4.78, 5) is 11.7. The number of aryl methyl sites for hydroxylation is 1. The van der Waals surface area contributed by atoms with E-state index < -0.39 is 11.7 Å². The van der Waals surface area contributed by atoms with Crippen molar-refractivity contribution in [1.82, 2.24) is 5.32 Å². The van der Waals surface area contributed by atoms with Gasteiger partial charge in [-0.1, -0.05) is 12.1 Å². The van der Waals surface area contributed by atoms with Gasteiger partial charge >= 0.3 is 0 Å². The number of para-hydroxylation sites is 1. The van der Waals surface area contributed by atoms with Gasteiger partial charge in [0.1, 0.15) is 11.6 Å². The first-order chi connectivity index (χ1) is 9.06. The molecule has 0 aliphatic heterocycles. The molecule has 0 atom stereocenters. The Labute approximate surface area is 114 Å². The van der Waals surface area contributed by atoms with E-state index in [0.717, 1.165) is 0 Å². The van der Waals surface area contributed by atoms with Crippen LogP contribution in [0.15, 0.2) is 40.8 Å². The highest BCUT2D eigenvalue weighted by molar-refractivity contribution is 7.80. The number of hydrogen-bond acceptors (Lipinski definition) is 3. The van der Waals surface area contributed by atoms with Crippen LogP contribution < -0.4 is 10.6 Å². The molecule has 98 valence electrons. The number of carbonyl (C=O) groups is 1. The number of furan rings is 1. The first-order valence-electron chi connectivity index (χ1n) is 5.49. The largest absolute Gasteiger partial charge is 0.456 e. The molecule has 0 unspecified atom stereocenters. The summed E-state index contributed by atoms with van der Waals surface area (Å²) in [6.45, 7) is 1.73. The summed E-state index contributed by atoms with van der Waals surface area (Å²) in [6.07, 6.45) is 0. The monoisotopic (exact) mass is 278 g/mol. The van der Waals surface area contributed by atoms with E-state index in [0.29, 0.717) is 5.76 Å². The fraction of sp³-hybridized carbons (Fsp3) is 0.0769. The second kappa shape index (κ2) is 5.62. The summed E-state index contributed by atoms with van der Waals surface area (Å²) < 4.78 is 18.5. The van der Waals surface area contributed by atoms with Crippen LogP contribution in [0, 0.1) is 12.7 Å². The van der Waals surface area contributed by atoms with E-state index in [9.17, 15) is 9.18 Å². The number of carbonyl (C=O) groups excluding carboxylic acids is 1.